The molecule has 0 radical (unpaired) electrons. The Balaban J connectivity index is 0.000000346. The standard InChI is InChI=1S/C11H13N3O5.C7H8O3S/c12-9(5-10(13)15)11(16)19-6-7-1-3-8(4-2-7)14(17)18;1-6-2-4-7(5-3-6)11(8,9)10/h1-4,9H,5-6,12H2,(H2,13,15);2-5H,1H3,(H,8,9,10)/t9-;/m1./s1. The van der Waals surface area contributed by atoms with Crippen LogP contribution in [0.15, 0.2) is 53.4 Å². The first kappa shape index (κ1) is 24.7. The molecule has 0 aliphatic carbocycles. The van der Waals surface area contributed by atoms with Crippen molar-refractivity contribution in [1.82, 2.24) is 0 Å². The fourth-order valence-corrected chi connectivity index (χ4v) is 2.47. The van der Waals surface area contributed by atoms with Gasteiger partial charge in [-0.05, 0) is 36.8 Å². The van der Waals surface area contributed by atoms with Crippen LogP contribution < -0.4 is 11.5 Å². The van der Waals surface area contributed by atoms with Crippen molar-refractivity contribution in [1.29, 1.82) is 0 Å². The fraction of sp³-hybridized carbons (Fsp3) is 0.222. The van der Waals surface area contributed by atoms with Crippen LogP contribution in [-0.4, -0.2) is 35.8 Å². The van der Waals surface area contributed by atoms with Gasteiger partial charge in [-0.2, -0.15) is 8.42 Å². The van der Waals surface area contributed by atoms with Crippen LogP contribution in [0, 0.1) is 17.0 Å². The topological polar surface area (TPSA) is 193 Å². The van der Waals surface area contributed by atoms with Crippen molar-refractivity contribution in [3.8, 4) is 0 Å². The van der Waals surface area contributed by atoms with E-state index in [2.05, 4.69) is 0 Å². The predicted octanol–water partition coefficient (Wildman–Crippen LogP) is 1.08. The van der Waals surface area contributed by atoms with E-state index in [1.165, 1.54) is 36.4 Å². The predicted molar refractivity (Wildman–Crippen MR) is 106 cm³/mol. The summed E-state index contributed by atoms with van der Waals surface area (Å²) < 4.78 is 34.4. The van der Waals surface area contributed by atoms with Crippen LogP contribution >= 0.6 is 0 Å². The summed E-state index contributed by atoms with van der Waals surface area (Å²) in [5.41, 5.74) is 11.7. The van der Waals surface area contributed by atoms with Crippen LogP contribution in [0.1, 0.15) is 17.5 Å². The summed E-state index contributed by atoms with van der Waals surface area (Å²) in [5.74, 6) is -1.45. The maximum atomic E-state index is 11.4. The molecule has 30 heavy (non-hydrogen) atoms. The number of non-ortho nitro benzene ring substituents is 1. The van der Waals surface area contributed by atoms with E-state index in [1.807, 2.05) is 6.92 Å². The number of carbonyl (C=O) groups is 2. The van der Waals surface area contributed by atoms with Crippen LogP contribution in [0.4, 0.5) is 5.69 Å². The van der Waals surface area contributed by atoms with Crippen molar-refractivity contribution in [3.05, 3.63) is 69.8 Å². The molecule has 0 aromatic heterocycles. The lowest BCUT2D eigenvalue weighted by molar-refractivity contribution is -0.384. The van der Waals surface area contributed by atoms with E-state index in [9.17, 15) is 28.1 Å². The number of hydrogen-bond acceptors (Lipinski definition) is 8. The van der Waals surface area contributed by atoms with Crippen molar-refractivity contribution in [2.24, 2.45) is 11.5 Å². The van der Waals surface area contributed by atoms with E-state index in [1.54, 1.807) is 12.1 Å². The first-order chi connectivity index (χ1) is 13.9. The quantitative estimate of drug-likeness (QED) is 0.245. The molecule has 0 unspecified atom stereocenters. The lowest BCUT2D eigenvalue weighted by atomic mass is 10.2. The number of nitrogens with zero attached hydrogens (tertiary/aromatic N) is 1. The number of aryl methyl sites for hydroxylation is 1. The Bertz CT molecular complexity index is 989. The summed E-state index contributed by atoms with van der Waals surface area (Å²) in [7, 11) is -4.02. The van der Waals surface area contributed by atoms with Gasteiger partial charge >= 0.3 is 5.97 Å². The molecule has 0 saturated carbocycles. The fourth-order valence-electron chi connectivity index (χ4n) is 1.99. The Kier molecular flexibility index (Phi) is 9.05. The van der Waals surface area contributed by atoms with Crippen molar-refractivity contribution in [3.63, 3.8) is 0 Å². The largest absolute Gasteiger partial charge is 0.460 e. The van der Waals surface area contributed by atoms with Crippen molar-refractivity contribution in [2.75, 3.05) is 0 Å². The van der Waals surface area contributed by atoms with Crippen molar-refractivity contribution < 1.29 is 32.2 Å². The number of esters is 1. The maximum Gasteiger partial charge on any atom is 0.323 e. The molecule has 0 heterocycles. The van der Waals surface area contributed by atoms with Crippen molar-refractivity contribution in [2.45, 2.75) is 30.9 Å². The normalized spacial score (nSPS) is 11.6. The number of nitro benzene ring substituents is 1. The number of primary amides is 1. The molecule has 2 rings (SSSR count). The number of amides is 1. The molecule has 2 aromatic carbocycles. The van der Waals surface area contributed by atoms with Gasteiger partial charge in [-0.1, -0.05) is 17.7 Å². The first-order valence-corrected chi connectivity index (χ1v) is 9.82. The van der Waals surface area contributed by atoms with Crippen LogP contribution in [0.2, 0.25) is 0 Å². The SMILES string of the molecule is Cc1ccc(S(=O)(=O)O)cc1.NC(=O)C[C@@H](N)C(=O)OCc1ccc([N+](=O)[O-])cc1. The van der Waals surface area contributed by atoms with Gasteiger partial charge in [0, 0.05) is 12.1 Å². The molecule has 1 amide bonds. The molecule has 0 aliphatic heterocycles. The summed E-state index contributed by atoms with van der Waals surface area (Å²) in [5, 5.41) is 10.4. The van der Waals surface area contributed by atoms with Crippen LogP contribution in [0.25, 0.3) is 0 Å². The lowest BCUT2D eigenvalue weighted by Gasteiger charge is -2.09. The molecule has 12 heteroatoms. The number of ether oxygens (including phenoxy) is 1. The third-order valence-corrected chi connectivity index (χ3v) is 4.44. The lowest BCUT2D eigenvalue weighted by Crippen LogP contribution is -2.36. The molecule has 0 saturated heterocycles. The van der Waals surface area contributed by atoms with E-state index >= 15 is 0 Å². The van der Waals surface area contributed by atoms with Gasteiger partial charge in [-0.25, -0.2) is 0 Å². The number of rotatable bonds is 7. The maximum absolute atomic E-state index is 11.4. The van der Waals surface area contributed by atoms with E-state index in [4.69, 9.17) is 20.8 Å². The summed E-state index contributed by atoms with van der Waals surface area (Å²) in [6.07, 6.45) is -0.293. The number of nitro groups is 1. The number of carbonyl (C=O) groups excluding carboxylic acids is 2. The Morgan fingerprint density at radius 2 is 1.67 bits per heavy atom. The van der Waals surface area contributed by atoms with Gasteiger partial charge < -0.3 is 16.2 Å². The highest BCUT2D eigenvalue weighted by Gasteiger charge is 2.17. The monoisotopic (exact) mass is 439 g/mol. The van der Waals surface area contributed by atoms with Gasteiger partial charge in [-0.15, -0.1) is 0 Å². The zero-order chi connectivity index (χ0) is 22.9. The van der Waals surface area contributed by atoms with E-state index in [0.29, 0.717) is 5.56 Å². The number of hydrogen-bond donors (Lipinski definition) is 3. The third-order valence-electron chi connectivity index (χ3n) is 3.57. The molecule has 162 valence electrons. The molecule has 0 aliphatic rings. The molecule has 0 spiro atoms. The highest BCUT2D eigenvalue weighted by atomic mass is 32.2. The molecular formula is C18H21N3O8S. The van der Waals surface area contributed by atoms with Gasteiger partial charge in [0.1, 0.15) is 12.6 Å². The second-order valence-corrected chi connectivity index (χ2v) is 7.52. The van der Waals surface area contributed by atoms with E-state index in [0.717, 1.165) is 5.56 Å². The molecule has 2 aromatic rings. The zero-order valence-electron chi connectivity index (χ0n) is 15.9. The summed E-state index contributed by atoms with van der Waals surface area (Å²) in [6.45, 7) is 1.76. The Morgan fingerprint density at radius 1 is 1.13 bits per heavy atom. The van der Waals surface area contributed by atoms with Gasteiger partial charge in [0.2, 0.25) is 5.91 Å². The highest BCUT2D eigenvalue weighted by Crippen LogP contribution is 2.12. The first-order valence-electron chi connectivity index (χ1n) is 8.38. The number of benzene rings is 2. The minimum atomic E-state index is -4.02. The van der Waals surface area contributed by atoms with Gasteiger partial charge in [0.05, 0.1) is 16.2 Å². The Hall–Kier alpha value is -3.35. The molecule has 1 atom stereocenters. The molecule has 11 nitrogen and oxygen atoms in total. The Morgan fingerprint density at radius 3 is 2.10 bits per heavy atom. The minimum absolute atomic E-state index is 0.0551. The second kappa shape index (κ2) is 11.0. The van der Waals surface area contributed by atoms with E-state index in [-0.39, 0.29) is 23.6 Å². The summed E-state index contributed by atoms with van der Waals surface area (Å²) >= 11 is 0. The third kappa shape index (κ3) is 8.77. The molecule has 5 N–H and O–H groups in total. The molecular weight excluding hydrogens is 418 g/mol. The zero-order valence-corrected chi connectivity index (χ0v) is 16.7. The van der Waals surface area contributed by atoms with Gasteiger partial charge in [-0.3, -0.25) is 24.3 Å². The van der Waals surface area contributed by atoms with E-state index < -0.39 is 33.0 Å². The van der Waals surface area contributed by atoms with Crippen LogP contribution in [-0.2, 0) is 31.1 Å². The average Bonchev–Trinajstić information content (AvgIpc) is 2.66. The summed E-state index contributed by atoms with van der Waals surface area (Å²) in [6, 6.07) is 10.4. The van der Waals surface area contributed by atoms with Crippen molar-refractivity contribution >= 4 is 27.7 Å². The average molecular weight is 439 g/mol. The molecule has 0 fully saturated rings. The van der Waals surface area contributed by atoms with Gasteiger partial charge in [0.15, 0.2) is 0 Å². The van der Waals surface area contributed by atoms with Gasteiger partial charge in [0.25, 0.3) is 15.8 Å². The smallest absolute Gasteiger partial charge is 0.323 e. The number of nitrogens with two attached hydrogens (primary N) is 2. The Labute approximate surface area is 172 Å². The minimum Gasteiger partial charge on any atom is -0.460 e. The highest BCUT2D eigenvalue weighted by molar-refractivity contribution is 7.85. The summed E-state index contributed by atoms with van der Waals surface area (Å²) in [4.78, 5) is 31.8. The van der Waals surface area contributed by atoms with Crippen LogP contribution in [0.5, 0.6) is 0 Å². The van der Waals surface area contributed by atoms with Crippen LogP contribution in [0.3, 0.4) is 0 Å². The second-order valence-electron chi connectivity index (χ2n) is 6.10. The molecule has 0 bridgehead atoms.